The number of carbonyl (C=O) groups excluding carboxylic acids is 1. The van der Waals surface area contributed by atoms with Gasteiger partial charge >= 0.3 is 6.04 Å². The second-order valence-electron chi connectivity index (χ2n) is 1.46. The lowest BCUT2D eigenvalue weighted by Gasteiger charge is -1.86. The molecule has 0 atom stereocenters. The van der Waals surface area contributed by atoms with Crippen LogP contribution < -0.4 is 0 Å². The number of carbonyl (C=O) groups is 1. The van der Waals surface area contributed by atoms with E-state index in [1.807, 2.05) is 0 Å². The minimum absolute atomic E-state index is 0. The molecule has 0 spiro atoms. The van der Waals surface area contributed by atoms with Crippen LogP contribution in [-0.4, -0.2) is 6.04 Å². The highest BCUT2D eigenvalue weighted by Crippen LogP contribution is 1.92. The zero-order valence-electron chi connectivity index (χ0n) is 4.27. The van der Waals surface area contributed by atoms with Gasteiger partial charge in [0.15, 0.2) is 0 Å². The predicted molar refractivity (Wildman–Crippen MR) is 23.5 cm³/mol. The molecule has 0 radical (unpaired) electrons. The van der Waals surface area contributed by atoms with Gasteiger partial charge in [-0.25, -0.2) is 0 Å². The van der Waals surface area contributed by atoms with Gasteiger partial charge in [0.25, 0.3) is 0 Å². The molecular formula is C4H8F2O. The summed E-state index contributed by atoms with van der Waals surface area (Å²) in [6.07, 6.45) is 0. The van der Waals surface area contributed by atoms with Crippen molar-refractivity contribution in [3.63, 3.8) is 0 Å². The third kappa shape index (κ3) is 5.53. The first-order chi connectivity index (χ1) is 2.64. The molecular weight excluding hydrogens is 102 g/mol. The molecule has 0 aromatic rings. The first-order valence-electron chi connectivity index (χ1n) is 1.84. The van der Waals surface area contributed by atoms with Crippen molar-refractivity contribution in [1.29, 1.82) is 0 Å². The molecule has 0 aromatic heterocycles. The molecule has 0 aromatic carbocycles. The summed E-state index contributed by atoms with van der Waals surface area (Å²) in [5.74, 6) is -0.454. The van der Waals surface area contributed by atoms with Crippen LogP contribution >= 0.6 is 0 Å². The molecule has 0 fully saturated rings. The molecule has 44 valence electrons. The van der Waals surface area contributed by atoms with Crippen LogP contribution in [0.15, 0.2) is 0 Å². The topological polar surface area (TPSA) is 17.1 Å². The van der Waals surface area contributed by atoms with Gasteiger partial charge in [-0.2, -0.15) is 4.39 Å². The standard InChI is InChI=1S/C4H7FO.FH/c1-3(2)4(5)6;/h3H,1-2H3;1H. The van der Waals surface area contributed by atoms with E-state index in [-0.39, 0.29) is 4.70 Å². The minimum atomic E-state index is -1.24. The Hall–Kier alpha value is -0.470. The van der Waals surface area contributed by atoms with E-state index in [4.69, 9.17) is 0 Å². The lowest BCUT2D eigenvalue weighted by molar-refractivity contribution is -0.132. The minimum Gasteiger partial charge on any atom is -0.269 e. The highest BCUT2D eigenvalue weighted by Gasteiger charge is 2.00. The van der Waals surface area contributed by atoms with Gasteiger partial charge in [0.05, 0.1) is 0 Å². The zero-order valence-corrected chi connectivity index (χ0v) is 4.27. The summed E-state index contributed by atoms with van der Waals surface area (Å²) in [5, 5.41) is 0. The molecule has 0 rings (SSSR count). The summed E-state index contributed by atoms with van der Waals surface area (Å²) >= 11 is 0. The third-order valence-corrected chi connectivity index (χ3v) is 0.454. The fourth-order valence-electron chi connectivity index (χ4n) is 0. The Labute approximate surface area is 40.9 Å². The Morgan fingerprint density at radius 3 is 1.71 bits per heavy atom. The zero-order chi connectivity index (χ0) is 5.15. The van der Waals surface area contributed by atoms with Crippen molar-refractivity contribution in [1.82, 2.24) is 0 Å². The molecule has 0 heterocycles. The van der Waals surface area contributed by atoms with E-state index in [0.29, 0.717) is 0 Å². The van der Waals surface area contributed by atoms with Crippen LogP contribution in [0.5, 0.6) is 0 Å². The molecule has 1 nitrogen and oxygen atoms in total. The normalized spacial score (nSPS) is 8.00. The number of rotatable bonds is 1. The van der Waals surface area contributed by atoms with E-state index in [1.54, 1.807) is 0 Å². The largest absolute Gasteiger partial charge is 0.304 e. The Morgan fingerprint density at radius 2 is 1.71 bits per heavy atom. The summed E-state index contributed by atoms with van der Waals surface area (Å²) in [7, 11) is 0. The molecule has 7 heavy (non-hydrogen) atoms. The average molecular weight is 110 g/mol. The fraction of sp³-hybridized carbons (Fsp3) is 0.750. The van der Waals surface area contributed by atoms with Crippen LogP contribution in [0.4, 0.5) is 9.09 Å². The van der Waals surface area contributed by atoms with Crippen LogP contribution in [0.25, 0.3) is 0 Å². The van der Waals surface area contributed by atoms with Crippen LogP contribution in [0.3, 0.4) is 0 Å². The van der Waals surface area contributed by atoms with Gasteiger partial charge in [-0.3, -0.25) is 9.50 Å². The van der Waals surface area contributed by atoms with E-state index in [2.05, 4.69) is 0 Å². The highest BCUT2D eigenvalue weighted by molar-refractivity contribution is 5.69. The summed E-state index contributed by atoms with van der Waals surface area (Å²) in [5.41, 5.74) is 0. The first kappa shape index (κ1) is 9.73. The monoisotopic (exact) mass is 110 g/mol. The summed E-state index contributed by atoms with van der Waals surface area (Å²) < 4.78 is 11.2. The SMILES string of the molecule is CC(C)C(=O)F.F. The molecule has 0 N–H and O–H groups in total. The van der Waals surface area contributed by atoms with Crippen molar-refractivity contribution in [3.05, 3.63) is 0 Å². The van der Waals surface area contributed by atoms with E-state index in [9.17, 15) is 9.18 Å². The lowest BCUT2D eigenvalue weighted by atomic mass is 10.2. The maximum Gasteiger partial charge on any atom is 0.304 e. The fourth-order valence-corrected chi connectivity index (χ4v) is 0. The molecule has 3 heteroatoms. The Kier molecular flexibility index (Phi) is 5.16. The van der Waals surface area contributed by atoms with Gasteiger partial charge in [0.1, 0.15) is 0 Å². The van der Waals surface area contributed by atoms with E-state index in [0.717, 1.165) is 0 Å². The lowest BCUT2D eigenvalue weighted by Crippen LogP contribution is -1.96. The van der Waals surface area contributed by atoms with Crippen molar-refractivity contribution in [2.45, 2.75) is 13.8 Å². The summed E-state index contributed by atoms with van der Waals surface area (Å²) in [6.45, 7) is 3.03. The van der Waals surface area contributed by atoms with Crippen molar-refractivity contribution >= 4 is 6.04 Å². The van der Waals surface area contributed by atoms with Crippen molar-refractivity contribution in [2.75, 3.05) is 0 Å². The van der Waals surface area contributed by atoms with Gasteiger partial charge in [0.2, 0.25) is 0 Å². The Bertz CT molecular complexity index is 60.7. The molecule has 0 unspecified atom stereocenters. The van der Waals surface area contributed by atoms with Gasteiger partial charge in [-0.15, -0.1) is 0 Å². The third-order valence-electron chi connectivity index (χ3n) is 0.454. The van der Waals surface area contributed by atoms with Crippen LogP contribution in [0.1, 0.15) is 13.8 Å². The van der Waals surface area contributed by atoms with E-state index < -0.39 is 12.0 Å². The van der Waals surface area contributed by atoms with Gasteiger partial charge in [-0.05, 0) is 0 Å². The maximum absolute atomic E-state index is 11.2. The van der Waals surface area contributed by atoms with Crippen LogP contribution in [-0.2, 0) is 4.79 Å². The number of halogens is 2. The van der Waals surface area contributed by atoms with Gasteiger partial charge in [-0.1, -0.05) is 13.8 Å². The quantitative estimate of drug-likeness (QED) is 0.465. The average Bonchev–Trinajstić information content (AvgIpc) is 1.36. The molecule has 0 aliphatic carbocycles. The summed E-state index contributed by atoms with van der Waals surface area (Å²) in [6, 6.07) is -1.24. The number of hydrogen-bond donors (Lipinski definition) is 0. The molecule has 0 aliphatic rings. The molecule has 0 amide bonds. The van der Waals surface area contributed by atoms with Crippen molar-refractivity contribution < 1.29 is 13.9 Å². The second kappa shape index (κ2) is 3.71. The highest BCUT2D eigenvalue weighted by atomic mass is 19.1. The van der Waals surface area contributed by atoms with Crippen LogP contribution in [0.2, 0.25) is 0 Å². The number of hydrogen-bond acceptors (Lipinski definition) is 1. The van der Waals surface area contributed by atoms with Crippen molar-refractivity contribution in [3.8, 4) is 0 Å². The molecule has 0 saturated carbocycles. The molecule has 0 saturated heterocycles. The van der Waals surface area contributed by atoms with Crippen LogP contribution in [0, 0.1) is 5.92 Å². The molecule has 0 aliphatic heterocycles. The maximum atomic E-state index is 11.2. The second-order valence-corrected chi connectivity index (χ2v) is 1.46. The smallest absolute Gasteiger partial charge is 0.269 e. The predicted octanol–water partition coefficient (Wildman–Crippen LogP) is 1.29. The van der Waals surface area contributed by atoms with Gasteiger partial charge < -0.3 is 0 Å². The summed E-state index contributed by atoms with van der Waals surface area (Å²) in [4.78, 5) is 9.48. The first-order valence-corrected chi connectivity index (χ1v) is 1.84. The Morgan fingerprint density at radius 1 is 1.57 bits per heavy atom. The Balaban J connectivity index is 0. The van der Waals surface area contributed by atoms with E-state index >= 15 is 0 Å². The van der Waals surface area contributed by atoms with E-state index in [1.165, 1.54) is 13.8 Å². The van der Waals surface area contributed by atoms with Crippen molar-refractivity contribution in [2.24, 2.45) is 5.92 Å². The molecule has 0 bridgehead atoms. The van der Waals surface area contributed by atoms with Gasteiger partial charge in [0, 0.05) is 5.92 Å².